The van der Waals surface area contributed by atoms with Crippen molar-refractivity contribution in [3.8, 4) is 23.8 Å². The fraction of sp³-hybridized carbons (Fsp3) is 0.238. The number of aromatic nitrogens is 1. The molecular weight excluding hydrogens is 298 g/mol. The van der Waals surface area contributed by atoms with E-state index in [1.54, 1.807) is 7.11 Å². The van der Waals surface area contributed by atoms with Crippen molar-refractivity contribution in [3.05, 3.63) is 42.0 Å². The quantitative estimate of drug-likeness (QED) is 0.644. The van der Waals surface area contributed by atoms with Crippen molar-refractivity contribution in [2.24, 2.45) is 0 Å². The zero-order chi connectivity index (χ0) is 16.9. The Bertz CT molecular complexity index is 1030. The SMILES string of the molecule is C#CCn1c2ccc(OC)cc2c2ccc3c(c21)C=CC(C)(C)O3. The molecule has 120 valence electrons. The smallest absolute Gasteiger partial charge is 0.129 e. The Labute approximate surface area is 141 Å². The molecule has 2 aromatic carbocycles. The molecule has 1 aliphatic heterocycles. The average molecular weight is 317 g/mol. The number of hydrogen-bond acceptors (Lipinski definition) is 2. The number of nitrogens with zero attached hydrogens (tertiary/aromatic N) is 1. The first-order valence-corrected chi connectivity index (χ1v) is 7.99. The van der Waals surface area contributed by atoms with Gasteiger partial charge in [0.05, 0.1) is 24.7 Å². The Morgan fingerprint density at radius 1 is 1.21 bits per heavy atom. The number of benzene rings is 2. The molecule has 0 saturated heterocycles. The second-order valence-electron chi connectivity index (χ2n) is 6.59. The molecule has 0 spiro atoms. The van der Waals surface area contributed by atoms with Crippen molar-refractivity contribution in [2.75, 3.05) is 7.11 Å². The van der Waals surface area contributed by atoms with E-state index in [0.29, 0.717) is 6.54 Å². The van der Waals surface area contributed by atoms with Crippen LogP contribution in [0.2, 0.25) is 0 Å². The summed E-state index contributed by atoms with van der Waals surface area (Å²) < 4.78 is 13.7. The summed E-state index contributed by atoms with van der Waals surface area (Å²) in [5.41, 5.74) is 3.00. The van der Waals surface area contributed by atoms with Crippen LogP contribution in [0.25, 0.3) is 27.9 Å². The third-order valence-corrected chi connectivity index (χ3v) is 4.51. The molecule has 0 fully saturated rings. The maximum absolute atomic E-state index is 6.12. The number of ether oxygens (including phenoxy) is 2. The predicted molar refractivity (Wildman–Crippen MR) is 98.6 cm³/mol. The van der Waals surface area contributed by atoms with Gasteiger partial charge in [0.1, 0.15) is 17.1 Å². The highest BCUT2D eigenvalue weighted by Crippen LogP contribution is 2.40. The molecule has 2 heterocycles. The van der Waals surface area contributed by atoms with Crippen LogP contribution in [-0.4, -0.2) is 17.3 Å². The van der Waals surface area contributed by atoms with Gasteiger partial charge in [0.2, 0.25) is 0 Å². The van der Waals surface area contributed by atoms with E-state index in [0.717, 1.165) is 38.9 Å². The number of hydrogen-bond donors (Lipinski definition) is 0. The van der Waals surface area contributed by atoms with E-state index >= 15 is 0 Å². The number of fused-ring (bicyclic) bond motifs is 5. The van der Waals surface area contributed by atoms with Gasteiger partial charge in [0.25, 0.3) is 0 Å². The summed E-state index contributed by atoms with van der Waals surface area (Å²) in [6.45, 7) is 4.62. The lowest BCUT2D eigenvalue weighted by Crippen LogP contribution is -2.27. The molecule has 1 aliphatic rings. The van der Waals surface area contributed by atoms with Gasteiger partial charge in [0, 0.05) is 16.3 Å². The molecule has 1 aromatic heterocycles. The minimum atomic E-state index is -0.299. The van der Waals surface area contributed by atoms with Gasteiger partial charge in [-0.3, -0.25) is 0 Å². The monoisotopic (exact) mass is 317 g/mol. The maximum atomic E-state index is 6.12. The lowest BCUT2D eigenvalue weighted by Gasteiger charge is -2.28. The van der Waals surface area contributed by atoms with Gasteiger partial charge in [-0.1, -0.05) is 5.92 Å². The van der Waals surface area contributed by atoms with Crippen molar-refractivity contribution in [3.63, 3.8) is 0 Å². The summed E-state index contributed by atoms with van der Waals surface area (Å²) in [5.74, 6) is 4.51. The molecule has 0 aliphatic carbocycles. The minimum absolute atomic E-state index is 0.299. The largest absolute Gasteiger partial charge is 0.497 e. The molecule has 3 aromatic rings. The van der Waals surface area contributed by atoms with E-state index in [9.17, 15) is 0 Å². The Kier molecular flexibility index (Phi) is 3.11. The van der Waals surface area contributed by atoms with Gasteiger partial charge in [0.15, 0.2) is 0 Å². The van der Waals surface area contributed by atoms with Crippen molar-refractivity contribution in [1.82, 2.24) is 4.57 Å². The molecule has 24 heavy (non-hydrogen) atoms. The second kappa shape index (κ2) is 5.07. The van der Waals surface area contributed by atoms with Gasteiger partial charge in [-0.05, 0) is 56.3 Å². The lowest BCUT2D eigenvalue weighted by molar-refractivity contribution is 0.159. The van der Waals surface area contributed by atoms with Crippen LogP contribution in [-0.2, 0) is 6.54 Å². The van der Waals surface area contributed by atoms with Gasteiger partial charge in [-0.15, -0.1) is 6.42 Å². The summed E-state index contributed by atoms with van der Waals surface area (Å²) in [5, 5.41) is 2.30. The Hall–Kier alpha value is -2.86. The van der Waals surface area contributed by atoms with Crippen LogP contribution < -0.4 is 9.47 Å². The summed E-state index contributed by atoms with van der Waals surface area (Å²) in [7, 11) is 1.68. The molecule has 0 atom stereocenters. The Morgan fingerprint density at radius 2 is 2.04 bits per heavy atom. The molecule has 3 nitrogen and oxygen atoms in total. The van der Waals surface area contributed by atoms with Gasteiger partial charge in [-0.2, -0.15) is 0 Å². The molecule has 0 radical (unpaired) electrons. The molecule has 0 N–H and O–H groups in total. The standard InChI is InChI=1S/C21H19NO2/c1-5-12-22-18-8-6-14(23-4)13-17(18)15-7-9-19-16(20(15)22)10-11-21(2,3)24-19/h1,6-11,13H,12H2,2-4H3. The first-order valence-electron chi connectivity index (χ1n) is 7.99. The van der Waals surface area contributed by atoms with Crippen LogP contribution in [0.3, 0.4) is 0 Å². The van der Waals surface area contributed by atoms with Gasteiger partial charge in [-0.25, -0.2) is 0 Å². The minimum Gasteiger partial charge on any atom is -0.497 e. The van der Waals surface area contributed by atoms with Gasteiger partial charge >= 0.3 is 0 Å². The number of methoxy groups -OCH3 is 1. The van der Waals surface area contributed by atoms with Crippen LogP contribution in [0.1, 0.15) is 19.4 Å². The molecule has 0 amide bonds. The van der Waals surface area contributed by atoms with E-state index < -0.39 is 0 Å². The maximum Gasteiger partial charge on any atom is 0.129 e. The zero-order valence-electron chi connectivity index (χ0n) is 14.1. The zero-order valence-corrected chi connectivity index (χ0v) is 14.1. The van der Waals surface area contributed by atoms with Crippen LogP contribution in [0.5, 0.6) is 11.5 Å². The van der Waals surface area contributed by atoms with Crippen LogP contribution in [0, 0.1) is 12.3 Å². The van der Waals surface area contributed by atoms with E-state index in [4.69, 9.17) is 15.9 Å². The summed E-state index contributed by atoms with van der Waals surface area (Å²) in [6, 6.07) is 10.3. The highest BCUT2D eigenvalue weighted by molar-refractivity contribution is 6.11. The van der Waals surface area contributed by atoms with Crippen LogP contribution in [0.15, 0.2) is 36.4 Å². The number of terminal acetylenes is 1. The first kappa shape index (κ1) is 14.7. The molecule has 0 saturated carbocycles. The van der Waals surface area contributed by atoms with Crippen molar-refractivity contribution in [1.29, 1.82) is 0 Å². The van der Waals surface area contributed by atoms with Crippen molar-refractivity contribution >= 4 is 27.9 Å². The first-order chi connectivity index (χ1) is 11.5. The normalized spacial score (nSPS) is 15.1. The van der Waals surface area contributed by atoms with E-state index in [1.165, 1.54) is 0 Å². The van der Waals surface area contributed by atoms with Crippen molar-refractivity contribution in [2.45, 2.75) is 26.0 Å². The third kappa shape index (κ3) is 2.07. The molecular formula is C21H19NO2. The summed E-state index contributed by atoms with van der Waals surface area (Å²) >= 11 is 0. The molecule has 4 rings (SSSR count). The van der Waals surface area contributed by atoms with Crippen molar-refractivity contribution < 1.29 is 9.47 Å². The van der Waals surface area contributed by atoms with Crippen LogP contribution >= 0.6 is 0 Å². The number of rotatable bonds is 2. The fourth-order valence-electron chi connectivity index (χ4n) is 3.42. The summed E-state index contributed by atoms with van der Waals surface area (Å²) in [6.07, 6.45) is 9.87. The highest BCUT2D eigenvalue weighted by atomic mass is 16.5. The lowest BCUT2D eigenvalue weighted by atomic mass is 10.00. The third-order valence-electron chi connectivity index (χ3n) is 4.51. The molecule has 0 bridgehead atoms. The van der Waals surface area contributed by atoms with Gasteiger partial charge < -0.3 is 14.0 Å². The molecule has 0 unspecified atom stereocenters. The van der Waals surface area contributed by atoms with Crippen LogP contribution in [0.4, 0.5) is 0 Å². The molecule has 3 heteroatoms. The fourth-order valence-corrected chi connectivity index (χ4v) is 3.42. The predicted octanol–water partition coefficient (Wildman–Crippen LogP) is 4.62. The van der Waals surface area contributed by atoms with E-state index in [2.05, 4.69) is 54.7 Å². The van der Waals surface area contributed by atoms with E-state index in [-0.39, 0.29) is 5.60 Å². The second-order valence-corrected chi connectivity index (χ2v) is 6.59. The highest BCUT2D eigenvalue weighted by Gasteiger charge is 2.25. The Balaban J connectivity index is 2.12. The summed E-state index contributed by atoms with van der Waals surface area (Å²) in [4.78, 5) is 0. The topological polar surface area (TPSA) is 23.4 Å². The Morgan fingerprint density at radius 3 is 2.79 bits per heavy atom. The van der Waals surface area contributed by atoms with E-state index in [1.807, 2.05) is 12.1 Å². The average Bonchev–Trinajstić information content (AvgIpc) is 2.87.